The molecule has 5 heteroatoms. The highest BCUT2D eigenvalue weighted by Gasteiger charge is 2.35. The molecule has 5 nitrogen and oxygen atoms in total. The van der Waals surface area contributed by atoms with Gasteiger partial charge in [-0.2, -0.15) is 0 Å². The molecular formula is C32H22N2O3. The molecule has 37 heavy (non-hydrogen) atoms. The summed E-state index contributed by atoms with van der Waals surface area (Å²) < 4.78 is 0. The minimum atomic E-state index is -0.347. The summed E-state index contributed by atoms with van der Waals surface area (Å²) >= 11 is 0. The molecule has 0 unspecified atom stereocenters. The molecule has 1 aliphatic carbocycles. The van der Waals surface area contributed by atoms with Crippen molar-refractivity contribution in [3.63, 3.8) is 0 Å². The molecule has 0 bridgehead atoms. The van der Waals surface area contributed by atoms with Crippen molar-refractivity contribution in [3.05, 3.63) is 137 Å². The maximum atomic E-state index is 13.8. The van der Waals surface area contributed by atoms with Crippen molar-refractivity contribution in [1.29, 1.82) is 0 Å². The predicted octanol–water partition coefficient (Wildman–Crippen LogP) is 6.92. The van der Waals surface area contributed by atoms with Crippen LogP contribution in [0.3, 0.4) is 0 Å². The van der Waals surface area contributed by atoms with Crippen LogP contribution in [0, 0.1) is 6.92 Å². The van der Waals surface area contributed by atoms with Gasteiger partial charge in [0, 0.05) is 27.8 Å². The van der Waals surface area contributed by atoms with Gasteiger partial charge in [-0.1, -0.05) is 78.9 Å². The Balaban J connectivity index is 1.54. The van der Waals surface area contributed by atoms with Gasteiger partial charge in [0.2, 0.25) is 0 Å². The molecule has 0 radical (unpaired) electrons. The topological polar surface area (TPSA) is 75.3 Å². The number of aryl methyl sites for hydroxylation is 1. The van der Waals surface area contributed by atoms with E-state index in [0.717, 1.165) is 16.5 Å². The van der Waals surface area contributed by atoms with Gasteiger partial charge in [-0.15, -0.1) is 0 Å². The Labute approximate surface area is 213 Å². The van der Waals surface area contributed by atoms with Crippen LogP contribution < -0.4 is 10.6 Å². The van der Waals surface area contributed by atoms with Crippen LogP contribution in [-0.2, 0) is 0 Å². The highest BCUT2D eigenvalue weighted by Crippen LogP contribution is 2.40. The predicted molar refractivity (Wildman–Crippen MR) is 146 cm³/mol. The first-order valence-corrected chi connectivity index (χ1v) is 12.0. The molecule has 2 N–H and O–H groups in total. The van der Waals surface area contributed by atoms with Crippen molar-refractivity contribution < 1.29 is 14.4 Å². The SMILES string of the molecule is Cc1cc(Nc2cccc3ccccc23)c2c(c1NC(=O)c1ccccc1)C(=O)c1ccccc1C2=O. The second kappa shape index (κ2) is 8.88. The van der Waals surface area contributed by atoms with E-state index in [0.29, 0.717) is 33.6 Å². The van der Waals surface area contributed by atoms with Crippen LogP contribution in [0.25, 0.3) is 10.8 Å². The van der Waals surface area contributed by atoms with Gasteiger partial charge in [-0.05, 0) is 42.1 Å². The van der Waals surface area contributed by atoms with Crippen molar-refractivity contribution in [2.45, 2.75) is 6.92 Å². The van der Waals surface area contributed by atoms with Crippen molar-refractivity contribution in [2.75, 3.05) is 10.6 Å². The number of carbonyl (C=O) groups is 3. The van der Waals surface area contributed by atoms with E-state index in [2.05, 4.69) is 10.6 Å². The molecule has 5 aromatic carbocycles. The molecule has 1 aliphatic rings. The summed E-state index contributed by atoms with van der Waals surface area (Å²) in [6.45, 7) is 1.83. The number of fused-ring (bicyclic) bond motifs is 3. The maximum Gasteiger partial charge on any atom is 0.255 e. The van der Waals surface area contributed by atoms with Gasteiger partial charge in [0.05, 0.1) is 22.5 Å². The normalized spacial score (nSPS) is 12.1. The summed E-state index contributed by atoms with van der Waals surface area (Å²) in [6, 6.07) is 31.3. The largest absolute Gasteiger partial charge is 0.354 e. The monoisotopic (exact) mass is 482 g/mol. The average Bonchev–Trinajstić information content (AvgIpc) is 2.93. The standard InChI is InChI=1S/C32H22N2O3/c1-19-18-26(33-25-17-9-13-20-10-5-6-14-22(20)25)27-28(29(19)34-32(37)21-11-3-2-4-12-21)31(36)24-16-8-7-15-23(24)30(27)35/h2-18,33H,1H3,(H,34,37). The second-order valence-electron chi connectivity index (χ2n) is 9.04. The highest BCUT2D eigenvalue weighted by molar-refractivity contribution is 6.33. The van der Waals surface area contributed by atoms with E-state index in [-0.39, 0.29) is 28.6 Å². The van der Waals surface area contributed by atoms with Gasteiger partial charge < -0.3 is 10.6 Å². The molecule has 0 aliphatic heterocycles. The van der Waals surface area contributed by atoms with Gasteiger partial charge in [0.1, 0.15) is 0 Å². The molecule has 0 saturated carbocycles. The van der Waals surface area contributed by atoms with Gasteiger partial charge >= 0.3 is 0 Å². The molecular weight excluding hydrogens is 460 g/mol. The molecule has 6 rings (SSSR count). The van der Waals surface area contributed by atoms with E-state index in [1.54, 1.807) is 48.5 Å². The van der Waals surface area contributed by atoms with E-state index in [4.69, 9.17) is 0 Å². The Morgan fingerprint density at radius 1 is 0.649 bits per heavy atom. The first-order valence-electron chi connectivity index (χ1n) is 12.0. The fraction of sp³-hybridized carbons (Fsp3) is 0.0312. The number of benzene rings is 5. The van der Waals surface area contributed by atoms with E-state index in [1.165, 1.54) is 0 Å². The molecule has 0 aromatic heterocycles. The van der Waals surface area contributed by atoms with Gasteiger partial charge in [-0.3, -0.25) is 14.4 Å². The molecule has 178 valence electrons. The molecule has 0 fully saturated rings. The van der Waals surface area contributed by atoms with E-state index in [9.17, 15) is 14.4 Å². The van der Waals surface area contributed by atoms with Crippen LogP contribution in [0.5, 0.6) is 0 Å². The summed E-state index contributed by atoms with van der Waals surface area (Å²) in [5, 5.41) is 8.39. The van der Waals surface area contributed by atoms with E-state index >= 15 is 0 Å². The number of rotatable bonds is 4. The van der Waals surface area contributed by atoms with Gasteiger partial charge in [-0.25, -0.2) is 0 Å². The summed E-state index contributed by atoms with van der Waals surface area (Å²) in [4.78, 5) is 40.8. The summed E-state index contributed by atoms with van der Waals surface area (Å²) in [5.74, 6) is -0.902. The lowest BCUT2D eigenvalue weighted by molar-refractivity contribution is 0.0979. The van der Waals surface area contributed by atoms with Crippen molar-refractivity contribution >= 4 is 45.3 Å². The molecule has 0 spiro atoms. The Kier molecular flexibility index (Phi) is 5.38. The quantitative estimate of drug-likeness (QED) is 0.286. The number of amides is 1. The minimum Gasteiger partial charge on any atom is -0.354 e. The van der Waals surface area contributed by atoms with E-state index in [1.807, 2.05) is 61.5 Å². The molecule has 1 amide bonds. The number of ketones is 2. The number of carbonyl (C=O) groups excluding carboxylic acids is 3. The van der Waals surface area contributed by atoms with Crippen molar-refractivity contribution in [2.24, 2.45) is 0 Å². The van der Waals surface area contributed by atoms with Crippen molar-refractivity contribution in [1.82, 2.24) is 0 Å². The molecule has 0 atom stereocenters. The third-order valence-corrected chi connectivity index (χ3v) is 6.73. The smallest absolute Gasteiger partial charge is 0.255 e. The van der Waals surface area contributed by atoms with Gasteiger partial charge in [0.15, 0.2) is 11.6 Å². The molecule has 0 heterocycles. The minimum absolute atomic E-state index is 0.204. The van der Waals surface area contributed by atoms with Crippen LogP contribution in [-0.4, -0.2) is 17.5 Å². The highest BCUT2D eigenvalue weighted by atomic mass is 16.2. The van der Waals surface area contributed by atoms with Crippen molar-refractivity contribution in [3.8, 4) is 0 Å². The lowest BCUT2D eigenvalue weighted by Gasteiger charge is -2.25. The second-order valence-corrected chi connectivity index (χ2v) is 9.04. The number of nitrogens with one attached hydrogen (secondary N) is 2. The average molecular weight is 483 g/mol. The summed E-state index contributed by atoms with van der Waals surface area (Å²) in [7, 11) is 0. The first kappa shape index (κ1) is 22.4. The fourth-order valence-electron chi connectivity index (χ4n) is 4.94. The summed E-state index contributed by atoms with van der Waals surface area (Å²) in [6.07, 6.45) is 0. The molecule has 0 saturated heterocycles. The van der Waals surface area contributed by atoms with Crippen LogP contribution in [0.15, 0.2) is 103 Å². The zero-order valence-corrected chi connectivity index (χ0v) is 20.0. The first-order chi connectivity index (χ1) is 18.0. The lowest BCUT2D eigenvalue weighted by Crippen LogP contribution is -2.26. The number of anilines is 3. The van der Waals surface area contributed by atoms with Crippen LogP contribution in [0.1, 0.15) is 47.8 Å². The summed E-state index contributed by atoms with van der Waals surface area (Å²) in [5.41, 5.74) is 3.97. The Hall–Kier alpha value is -5.03. The Bertz CT molecular complexity index is 1730. The van der Waals surface area contributed by atoms with E-state index < -0.39 is 0 Å². The van der Waals surface area contributed by atoms with Crippen LogP contribution in [0.4, 0.5) is 17.1 Å². The lowest BCUT2D eigenvalue weighted by atomic mass is 9.81. The van der Waals surface area contributed by atoms with Crippen LogP contribution >= 0.6 is 0 Å². The molecule has 5 aromatic rings. The number of hydrogen-bond acceptors (Lipinski definition) is 4. The maximum absolute atomic E-state index is 13.8. The third kappa shape index (κ3) is 3.78. The zero-order valence-electron chi connectivity index (χ0n) is 20.0. The Morgan fingerprint density at radius 3 is 2.03 bits per heavy atom. The fourth-order valence-corrected chi connectivity index (χ4v) is 4.94. The third-order valence-electron chi connectivity index (χ3n) is 6.73. The number of hydrogen-bond donors (Lipinski definition) is 2. The Morgan fingerprint density at radius 2 is 1.27 bits per heavy atom. The van der Waals surface area contributed by atoms with Gasteiger partial charge in [0.25, 0.3) is 5.91 Å². The van der Waals surface area contributed by atoms with Crippen LogP contribution in [0.2, 0.25) is 0 Å². The zero-order chi connectivity index (χ0) is 25.5.